The van der Waals surface area contributed by atoms with Gasteiger partial charge in [0.25, 0.3) is 0 Å². The monoisotopic (exact) mass is 1730 g/mol. The molecule has 0 aliphatic heterocycles. The van der Waals surface area contributed by atoms with Gasteiger partial charge in [-0.25, -0.2) is 0 Å². The van der Waals surface area contributed by atoms with E-state index in [1.807, 2.05) is 0 Å². The van der Waals surface area contributed by atoms with Crippen molar-refractivity contribution in [1.29, 1.82) is 0 Å². The largest absolute Gasteiger partial charge is 0.0533 e. The maximum absolute atomic E-state index is 2.56. The molecule has 0 aliphatic carbocycles. The summed E-state index contributed by atoms with van der Waals surface area (Å²) < 4.78 is 7.38. The van der Waals surface area contributed by atoms with E-state index < -0.39 is 0 Å². The van der Waals surface area contributed by atoms with E-state index in [1.54, 1.807) is 0 Å². The molecule has 0 fully saturated rings. The van der Waals surface area contributed by atoms with Gasteiger partial charge < -0.3 is 0 Å². The minimum absolute atomic E-state index is 1.22. The standard InChI is InChI=1S/C78H36I6/c79-49-13-1-37(2-14-49)43-25-55-57-27-44(38-3-15-50(80)16-4-38)29-59-61-31-46(40-7-19-52(82)20-8-40)33-63-65-35-48(42-11-23-54(84)24-12-42)36-66-64-34-47(41-9-21-53(83)22-10-41)32-62-60-30-45(39-5-17-51(81)18-6-39)28-58-56(26-43)67(55)73-74(68(57)59)76(70(61)63)78(72(65)66)77(71(62)64)75(73)69(58)60/h1-36H. The van der Waals surface area contributed by atoms with Crippen LogP contribution in [-0.4, -0.2) is 0 Å². The number of benzene rings is 19. The zero-order valence-electron chi connectivity index (χ0n) is 44.1. The minimum atomic E-state index is 1.22. The third kappa shape index (κ3) is 7.12. The van der Waals surface area contributed by atoms with Crippen molar-refractivity contribution in [2.75, 3.05) is 0 Å². The fourth-order valence-corrected chi connectivity index (χ4v) is 17.3. The highest BCUT2D eigenvalue weighted by molar-refractivity contribution is 14.1. The van der Waals surface area contributed by atoms with E-state index in [0.717, 1.165) is 0 Å². The Kier molecular flexibility index (Phi) is 11.0. The van der Waals surface area contributed by atoms with Gasteiger partial charge in [0, 0.05) is 21.4 Å². The molecule has 0 aliphatic rings. The molecule has 0 bridgehead atoms. The average Bonchev–Trinajstić information content (AvgIpc) is 0.667. The van der Waals surface area contributed by atoms with Gasteiger partial charge in [0.05, 0.1) is 0 Å². The van der Waals surface area contributed by atoms with E-state index in [9.17, 15) is 0 Å². The second-order valence-electron chi connectivity index (χ2n) is 23.0. The number of hydrogen-bond donors (Lipinski definition) is 0. The number of fused-ring (bicyclic) bond motifs is 6. The smallest absolute Gasteiger partial charge is 0.0130 e. The summed E-state index contributed by atoms with van der Waals surface area (Å²) in [5.41, 5.74) is 14.7. The summed E-state index contributed by atoms with van der Waals surface area (Å²) in [5, 5.41) is 32.2. The third-order valence-corrected chi connectivity index (χ3v) is 23.0. The molecule has 0 radical (unpaired) electrons. The summed E-state index contributed by atoms with van der Waals surface area (Å²) in [5.74, 6) is 0. The predicted molar refractivity (Wildman–Crippen MR) is 413 cm³/mol. The van der Waals surface area contributed by atoms with E-state index in [2.05, 4.69) is 354 Å². The summed E-state index contributed by atoms with van der Waals surface area (Å²) in [6.07, 6.45) is 0. The van der Waals surface area contributed by atoms with Gasteiger partial charge in [-0.15, -0.1) is 0 Å². The Morgan fingerprint density at radius 2 is 0.226 bits per heavy atom. The van der Waals surface area contributed by atoms with Crippen LogP contribution in [0.5, 0.6) is 0 Å². The van der Waals surface area contributed by atoms with Crippen molar-refractivity contribution in [1.82, 2.24) is 0 Å². The molecule has 0 spiro atoms. The first-order valence-corrected chi connectivity index (χ1v) is 34.5. The molecule has 0 saturated heterocycles. The van der Waals surface area contributed by atoms with Gasteiger partial charge in [0.2, 0.25) is 0 Å². The van der Waals surface area contributed by atoms with E-state index >= 15 is 0 Å². The molecule has 0 nitrogen and oxygen atoms in total. The lowest BCUT2D eigenvalue weighted by molar-refractivity contribution is 1.61. The predicted octanol–water partition coefficient (Wildman–Crippen LogP) is 25.8. The highest BCUT2D eigenvalue weighted by atomic mass is 127. The molecule has 0 aromatic heterocycles. The zero-order valence-corrected chi connectivity index (χ0v) is 57.0. The molecule has 0 unspecified atom stereocenters. The van der Waals surface area contributed by atoms with Crippen molar-refractivity contribution in [3.8, 4) is 66.8 Å². The number of halogens is 6. The minimum Gasteiger partial charge on any atom is -0.0533 e. The van der Waals surface area contributed by atoms with Crippen LogP contribution in [0, 0.1) is 21.4 Å². The second-order valence-corrected chi connectivity index (χ2v) is 30.4. The zero-order chi connectivity index (χ0) is 55.7. The van der Waals surface area contributed by atoms with Crippen LogP contribution in [0.25, 0.3) is 196 Å². The Morgan fingerprint density at radius 3 is 0.333 bits per heavy atom. The van der Waals surface area contributed by atoms with Crippen LogP contribution in [-0.2, 0) is 0 Å². The first-order chi connectivity index (χ1) is 41.1. The topological polar surface area (TPSA) is 0 Å². The lowest BCUT2D eigenvalue weighted by atomic mass is 9.72. The molecule has 0 N–H and O–H groups in total. The molecule has 0 atom stereocenters. The highest BCUT2D eigenvalue weighted by Gasteiger charge is 2.33. The first kappa shape index (κ1) is 50.4. The van der Waals surface area contributed by atoms with Crippen LogP contribution >= 0.6 is 136 Å². The van der Waals surface area contributed by atoms with E-state index in [0.29, 0.717) is 0 Å². The van der Waals surface area contributed by atoms with E-state index in [-0.39, 0.29) is 0 Å². The Bertz CT molecular complexity index is 4800. The number of rotatable bonds is 6. The van der Waals surface area contributed by atoms with Crippen molar-refractivity contribution in [2.45, 2.75) is 0 Å². The van der Waals surface area contributed by atoms with Crippen LogP contribution in [0.15, 0.2) is 218 Å². The molecule has 0 heterocycles. The van der Waals surface area contributed by atoms with Gasteiger partial charge in [0.1, 0.15) is 0 Å². The molecule has 19 aromatic rings. The van der Waals surface area contributed by atoms with Crippen LogP contribution < -0.4 is 0 Å². The van der Waals surface area contributed by atoms with Crippen LogP contribution in [0.4, 0.5) is 0 Å². The molecule has 19 rings (SSSR count). The molecule has 19 aromatic carbocycles. The fraction of sp³-hybridized carbons (Fsp3) is 0. The van der Waals surface area contributed by atoms with Crippen molar-refractivity contribution >= 4 is 265 Å². The van der Waals surface area contributed by atoms with Crippen molar-refractivity contribution < 1.29 is 0 Å². The summed E-state index contributed by atoms with van der Waals surface area (Å²) >= 11 is 14.7. The molecular formula is C78H36I6. The van der Waals surface area contributed by atoms with Gasteiger partial charge >= 0.3 is 0 Å². The Balaban J connectivity index is 1.15. The second kappa shape index (κ2) is 18.4. The Labute approximate surface area is 563 Å². The van der Waals surface area contributed by atoms with Crippen LogP contribution in [0.3, 0.4) is 0 Å². The fourth-order valence-electron chi connectivity index (χ4n) is 15.1. The maximum atomic E-state index is 2.56. The highest BCUT2D eigenvalue weighted by Crippen LogP contribution is 2.62. The quantitative estimate of drug-likeness (QED) is 0.0884. The molecule has 0 saturated carbocycles. The van der Waals surface area contributed by atoms with E-state index in [1.165, 1.54) is 217 Å². The molecule has 0 amide bonds. The van der Waals surface area contributed by atoms with Crippen molar-refractivity contribution in [2.24, 2.45) is 0 Å². The van der Waals surface area contributed by atoms with Crippen molar-refractivity contribution in [3.05, 3.63) is 240 Å². The van der Waals surface area contributed by atoms with Gasteiger partial charge in [-0.1, -0.05) is 72.8 Å². The SMILES string of the molecule is Ic1ccc(-c2cc3c4cc(-c5ccc(I)cc5)cc5c6cc(-c7ccc(I)cc7)cc7c8cc(-c9ccc(I)cc9)cc9c%10cc(-c%11ccc(I)cc%11)cc%11c%12cc(-c%13ccc(I)cc%13)cc%13c(c2)c3c2c(c45)c(c67)c(c89)c(c%11%10)c2c%13%12)cc1. The lowest BCUT2D eigenvalue weighted by Gasteiger charge is -2.30. The van der Waals surface area contributed by atoms with Gasteiger partial charge in [-0.3, -0.25) is 0 Å². The van der Waals surface area contributed by atoms with Gasteiger partial charge in [0.15, 0.2) is 0 Å². The normalized spacial score (nSPS) is 12.6. The van der Waals surface area contributed by atoms with E-state index in [4.69, 9.17) is 0 Å². The summed E-state index contributed by atoms with van der Waals surface area (Å²) in [4.78, 5) is 0. The molecular weight excluding hydrogens is 1700 g/mol. The Morgan fingerprint density at radius 1 is 0.119 bits per heavy atom. The summed E-state index contributed by atoms with van der Waals surface area (Å²) in [6.45, 7) is 0. The third-order valence-electron chi connectivity index (χ3n) is 18.6. The van der Waals surface area contributed by atoms with Gasteiger partial charge in [-0.2, -0.15) is 0 Å². The number of hydrogen-bond acceptors (Lipinski definition) is 0. The van der Waals surface area contributed by atoms with Crippen LogP contribution in [0.2, 0.25) is 0 Å². The lowest BCUT2D eigenvalue weighted by Crippen LogP contribution is -2.01. The maximum Gasteiger partial charge on any atom is 0.0130 e. The first-order valence-electron chi connectivity index (χ1n) is 28.0. The Hall–Kier alpha value is -5.76. The molecule has 6 heteroatoms. The molecule has 84 heavy (non-hydrogen) atoms. The summed E-state index contributed by atoms with van der Waals surface area (Å²) in [6, 6.07) is 85.7. The summed E-state index contributed by atoms with van der Waals surface area (Å²) in [7, 11) is 0. The van der Waals surface area contributed by atoms with Crippen molar-refractivity contribution in [3.63, 3.8) is 0 Å². The average molecular weight is 1730 g/mol. The van der Waals surface area contributed by atoms with Crippen LogP contribution in [0.1, 0.15) is 0 Å². The van der Waals surface area contributed by atoms with Gasteiger partial charge in [-0.05, 0) is 477 Å². The molecule has 390 valence electrons.